The molecule has 0 aliphatic heterocycles. The van der Waals surface area contributed by atoms with Crippen molar-refractivity contribution >= 4 is 86.5 Å². The van der Waals surface area contributed by atoms with E-state index < -0.39 is 11.9 Å². The van der Waals surface area contributed by atoms with Crippen LogP contribution in [-0.4, -0.2) is 22.2 Å². The molecule has 5 aromatic carbocycles. The van der Waals surface area contributed by atoms with E-state index in [4.69, 9.17) is 0 Å². The number of carboxylic acids is 2. The van der Waals surface area contributed by atoms with Gasteiger partial charge in [-0.15, -0.1) is 45.3 Å². The fourth-order valence-electron chi connectivity index (χ4n) is 10.1. The van der Waals surface area contributed by atoms with Crippen molar-refractivity contribution in [2.24, 2.45) is 0 Å². The van der Waals surface area contributed by atoms with Gasteiger partial charge in [-0.3, -0.25) is 0 Å². The van der Waals surface area contributed by atoms with Crippen molar-refractivity contribution in [3.05, 3.63) is 195 Å². The zero-order chi connectivity index (χ0) is 49.3. The second kappa shape index (κ2) is 17.5. The Balaban J connectivity index is 1.09. The smallest absolute Gasteiger partial charge is 0.346 e. The molecule has 344 valence electrons. The van der Waals surface area contributed by atoms with Crippen LogP contribution >= 0.6 is 45.3 Å². The van der Waals surface area contributed by atoms with E-state index in [0.717, 1.165) is 57.5 Å². The van der Waals surface area contributed by atoms with Gasteiger partial charge in [0.2, 0.25) is 0 Å². The van der Waals surface area contributed by atoms with Crippen molar-refractivity contribution < 1.29 is 19.8 Å². The van der Waals surface area contributed by atoms with Crippen LogP contribution < -0.4 is 4.90 Å². The molecule has 2 aliphatic carbocycles. The molecule has 2 aliphatic rings. The third-order valence-corrected chi connectivity index (χ3v) is 18.3. The standard InChI is InChI=1S/C60H41N3O4S4/c1-59(2)47-11-7-5-9-43(47)45-17-13-38(30-49(45)59)63(39-14-18-46-44-10-6-8-12-48(44)60(3,4)50(46)31-39)40-26-34(51-21-23-55(70-51)53-19-15-41(68-53)28-36(32-61)57(64)65)25-35(27-40)52-22-24-56(71-52)54-20-16-42(69-54)29-37(33-62)58(66)67/h5-31H,1-4H3,(H,64,65)(H,66,67)/b36-28-,37-29-. The van der Waals surface area contributed by atoms with Gasteiger partial charge in [0.15, 0.2) is 0 Å². The van der Waals surface area contributed by atoms with Crippen LogP contribution in [-0.2, 0) is 20.4 Å². The molecule has 0 spiro atoms. The lowest BCUT2D eigenvalue weighted by Gasteiger charge is -2.30. The molecular formula is C60H41N3O4S4. The second-order valence-electron chi connectivity index (χ2n) is 18.6. The van der Waals surface area contributed by atoms with Crippen LogP contribution in [0.15, 0.2) is 163 Å². The summed E-state index contributed by atoms with van der Waals surface area (Å²) in [4.78, 5) is 33.1. The number of carbonyl (C=O) groups is 2. The number of hydrogen-bond donors (Lipinski definition) is 2. The van der Waals surface area contributed by atoms with Gasteiger partial charge in [0.1, 0.15) is 23.3 Å². The van der Waals surface area contributed by atoms with Crippen molar-refractivity contribution in [1.82, 2.24) is 0 Å². The number of rotatable bonds is 11. The Morgan fingerprint density at radius 3 is 1.25 bits per heavy atom. The van der Waals surface area contributed by atoms with E-state index in [1.54, 1.807) is 34.8 Å². The molecule has 0 amide bonds. The van der Waals surface area contributed by atoms with Gasteiger partial charge in [-0.25, -0.2) is 9.59 Å². The highest BCUT2D eigenvalue weighted by Crippen LogP contribution is 2.54. The Kier molecular flexibility index (Phi) is 11.2. The molecule has 71 heavy (non-hydrogen) atoms. The van der Waals surface area contributed by atoms with E-state index in [9.17, 15) is 30.3 Å². The fraction of sp³-hybridized carbons (Fsp3) is 0.100. The van der Waals surface area contributed by atoms with E-state index in [0.29, 0.717) is 9.75 Å². The Morgan fingerprint density at radius 1 is 0.451 bits per heavy atom. The largest absolute Gasteiger partial charge is 0.477 e. The number of anilines is 3. The van der Waals surface area contributed by atoms with E-state index in [-0.39, 0.29) is 22.0 Å². The lowest BCUT2D eigenvalue weighted by molar-refractivity contribution is -0.133. The summed E-state index contributed by atoms with van der Waals surface area (Å²) < 4.78 is 0. The topological polar surface area (TPSA) is 125 Å². The van der Waals surface area contributed by atoms with E-state index >= 15 is 0 Å². The van der Waals surface area contributed by atoms with Crippen molar-refractivity contribution in [1.29, 1.82) is 10.5 Å². The molecule has 4 heterocycles. The van der Waals surface area contributed by atoms with E-state index in [1.807, 2.05) is 24.3 Å². The highest BCUT2D eigenvalue weighted by atomic mass is 32.1. The first kappa shape index (κ1) is 45.5. The number of carboxylic acid groups (broad SMARTS) is 2. The summed E-state index contributed by atoms with van der Waals surface area (Å²) in [6.45, 7) is 9.24. The number of benzene rings is 5. The normalized spacial score (nSPS) is 13.9. The maximum Gasteiger partial charge on any atom is 0.346 e. The third kappa shape index (κ3) is 7.94. The van der Waals surface area contributed by atoms with Gasteiger partial charge in [-0.2, -0.15) is 10.5 Å². The number of thiophene rings is 4. The van der Waals surface area contributed by atoms with Crippen molar-refractivity contribution in [3.8, 4) is 74.8 Å². The van der Waals surface area contributed by atoms with E-state index in [1.165, 1.54) is 79.3 Å². The van der Waals surface area contributed by atoms with Gasteiger partial charge < -0.3 is 15.1 Å². The molecule has 0 radical (unpaired) electrons. The molecule has 7 nitrogen and oxygen atoms in total. The Bertz CT molecular complexity index is 3600. The maximum absolute atomic E-state index is 11.6. The average Bonchev–Trinajstić information content (AvgIpc) is 4.25. The summed E-state index contributed by atoms with van der Waals surface area (Å²) in [5.74, 6) is -2.51. The van der Waals surface area contributed by atoms with Gasteiger partial charge in [0.25, 0.3) is 0 Å². The minimum Gasteiger partial charge on any atom is -0.477 e. The summed E-state index contributed by atoms with van der Waals surface area (Å²) in [5.41, 5.74) is 14.2. The number of nitriles is 2. The average molecular weight is 996 g/mol. The molecule has 4 aromatic heterocycles. The summed E-state index contributed by atoms with van der Waals surface area (Å²) >= 11 is 6.19. The first-order valence-corrected chi connectivity index (χ1v) is 26.0. The fourth-order valence-corrected chi connectivity index (χ4v) is 14.1. The quantitative estimate of drug-likeness (QED) is 0.0976. The summed E-state index contributed by atoms with van der Waals surface area (Å²) in [6, 6.07) is 57.7. The number of hydrogen-bond acceptors (Lipinski definition) is 9. The predicted octanol–water partition coefficient (Wildman–Crippen LogP) is 16.7. The van der Waals surface area contributed by atoms with Crippen LogP contribution in [0.5, 0.6) is 0 Å². The van der Waals surface area contributed by atoms with Crippen LogP contribution in [0, 0.1) is 22.7 Å². The molecule has 11 heteroatoms. The lowest BCUT2D eigenvalue weighted by atomic mass is 9.82. The second-order valence-corrected chi connectivity index (χ2v) is 23.0. The third-order valence-electron chi connectivity index (χ3n) is 13.6. The minimum atomic E-state index is -1.26. The molecule has 9 aromatic rings. The molecule has 0 unspecified atom stereocenters. The van der Waals surface area contributed by atoms with Gasteiger partial charge in [-0.05, 0) is 159 Å². The summed E-state index contributed by atoms with van der Waals surface area (Å²) in [7, 11) is 0. The zero-order valence-electron chi connectivity index (χ0n) is 38.8. The van der Waals surface area contributed by atoms with Gasteiger partial charge >= 0.3 is 11.9 Å². The van der Waals surface area contributed by atoms with Crippen LogP contribution in [0.4, 0.5) is 17.1 Å². The Labute approximate surface area is 427 Å². The highest BCUT2D eigenvalue weighted by molar-refractivity contribution is 7.25. The molecule has 0 saturated heterocycles. The van der Waals surface area contributed by atoms with E-state index in [2.05, 4.69) is 160 Å². The van der Waals surface area contributed by atoms with Gasteiger partial charge in [0, 0.05) is 66.9 Å². The van der Waals surface area contributed by atoms with Crippen molar-refractivity contribution in [3.63, 3.8) is 0 Å². The molecular weight excluding hydrogens is 955 g/mol. The molecule has 2 N–H and O–H groups in total. The molecule has 0 fully saturated rings. The monoisotopic (exact) mass is 995 g/mol. The first-order valence-electron chi connectivity index (χ1n) is 22.8. The van der Waals surface area contributed by atoms with Crippen LogP contribution in [0.1, 0.15) is 59.7 Å². The zero-order valence-corrected chi connectivity index (χ0v) is 42.0. The number of nitrogens with zero attached hydrogens (tertiary/aromatic N) is 3. The van der Waals surface area contributed by atoms with Crippen LogP contribution in [0.2, 0.25) is 0 Å². The highest BCUT2D eigenvalue weighted by Gasteiger charge is 2.38. The molecule has 11 rings (SSSR count). The Morgan fingerprint density at radius 2 is 0.831 bits per heavy atom. The Hall–Kier alpha value is -7.90. The lowest BCUT2D eigenvalue weighted by Crippen LogP contribution is -2.18. The van der Waals surface area contributed by atoms with Gasteiger partial charge in [0.05, 0.1) is 0 Å². The number of fused-ring (bicyclic) bond motifs is 6. The SMILES string of the molecule is CC1(C)c2ccccc2-c2ccc(N(c3cc(-c4ccc(-c5ccc(/C=C(/C#N)C(=O)O)s5)s4)cc(-c4ccc(-c5ccc(/C=C(/C#N)C(=O)O)s5)s4)c3)c3ccc4c(c3)C(C)(C)c3ccccc3-4)cc21. The summed E-state index contributed by atoms with van der Waals surface area (Å²) in [6.07, 6.45) is 2.82. The predicted molar refractivity (Wildman–Crippen MR) is 292 cm³/mol. The maximum atomic E-state index is 11.6. The molecule has 0 atom stereocenters. The minimum absolute atomic E-state index is 0.231. The molecule has 0 bridgehead atoms. The van der Waals surface area contributed by atoms with Gasteiger partial charge in [-0.1, -0.05) is 88.4 Å². The molecule has 0 saturated carbocycles. The summed E-state index contributed by atoms with van der Waals surface area (Å²) in [5, 5.41) is 37.8. The van der Waals surface area contributed by atoms with Crippen LogP contribution in [0.25, 0.3) is 74.8 Å². The number of aliphatic carboxylic acids is 2. The van der Waals surface area contributed by atoms with Crippen molar-refractivity contribution in [2.75, 3.05) is 4.90 Å². The van der Waals surface area contributed by atoms with Crippen molar-refractivity contribution in [2.45, 2.75) is 38.5 Å². The van der Waals surface area contributed by atoms with Crippen LogP contribution in [0.3, 0.4) is 0 Å². The first-order chi connectivity index (χ1) is 34.2.